The minimum atomic E-state index is -0.327. The first kappa shape index (κ1) is 19.1. The van der Waals surface area contributed by atoms with Gasteiger partial charge in [-0.15, -0.1) is 10.2 Å². The number of H-pyrrole nitrogens is 1. The van der Waals surface area contributed by atoms with Gasteiger partial charge in [0.25, 0.3) is 5.89 Å². The lowest BCUT2D eigenvalue weighted by Crippen LogP contribution is -2.39. The highest BCUT2D eigenvalue weighted by Gasteiger charge is 2.27. The monoisotopic (exact) mass is 392 g/mol. The minimum Gasteiger partial charge on any atom is -0.459 e. The number of nitrogens with one attached hydrogen (secondary N) is 1. The van der Waals surface area contributed by atoms with Crippen LogP contribution in [0.3, 0.4) is 0 Å². The van der Waals surface area contributed by atoms with Crippen LogP contribution >= 0.6 is 0 Å². The second-order valence-electron chi connectivity index (χ2n) is 7.16. The van der Waals surface area contributed by atoms with Crippen molar-refractivity contribution >= 4 is 16.7 Å². The van der Waals surface area contributed by atoms with E-state index in [1.54, 1.807) is 18.4 Å². The van der Waals surface area contributed by atoms with E-state index in [9.17, 15) is 4.79 Å². The molecule has 0 radical (unpaired) electrons. The second-order valence-corrected chi connectivity index (χ2v) is 7.16. The van der Waals surface area contributed by atoms with Gasteiger partial charge in [-0.1, -0.05) is 25.1 Å². The first-order valence-electron chi connectivity index (χ1n) is 9.80. The van der Waals surface area contributed by atoms with Crippen molar-refractivity contribution in [2.24, 2.45) is 0 Å². The number of nitrogens with zero attached hydrogens (tertiary/aromatic N) is 3. The van der Waals surface area contributed by atoms with Crippen molar-refractivity contribution in [3.63, 3.8) is 0 Å². The fraction of sp³-hybridized carbons (Fsp3) is 0.318. The molecule has 3 aromatic heterocycles. The van der Waals surface area contributed by atoms with Gasteiger partial charge < -0.3 is 13.8 Å². The molecular formula is C22H24N4O3. The van der Waals surface area contributed by atoms with Crippen LogP contribution in [0.15, 0.2) is 51.5 Å². The Kier molecular flexibility index (Phi) is 5.31. The molecule has 1 atom stereocenters. The number of carbonyl (C=O) groups excluding carboxylic acids is 1. The Morgan fingerprint density at radius 3 is 2.79 bits per heavy atom. The van der Waals surface area contributed by atoms with E-state index in [1.165, 1.54) is 0 Å². The lowest BCUT2D eigenvalue weighted by molar-refractivity contribution is 0.0816. The molecule has 0 amide bonds. The molecule has 1 aromatic carbocycles. The van der Waals surface area contributed by atoms with Gasteiger partial charge in [0.15, 0.2) is 11.5 Å². The summed E-state index contributed by atoms with van der Waals surface area (Å²) in [6.45, 7) is 7.10. The summed E-state index contributed by atoms with van der Waals surface area (Å²) in [5.41, 5.74) is 2.61. The molecule has 4 aromatic rings. The van der Waals surface area contributed by atoms with Crippen LogP contribution in [0.2, 0.25) is 0 Å². The Bertz CT molecular complexity index is 1110. The summed E-state index contributed by atoms with van der Waals surface area (Å²) in [7, 11) is 0. The lowest BCUT2D eigenvalue weighted by Gasteiger charge is -2.26. The number of carbonyl (C=O) groups is 1. The summed E-state index contributed by atoms with van der Waals surface area (Å²) < 4.78 is 11.1. The van der Waals surface area contributed by atoms with E-state index in [1.807, 2.05) is 38.1 Å². The summed E-state index contributed by atoms with van der Waals surface area (Å²) in [4.78, 5) is 18.8. The molecule has 0 spiro atoms. The summed E-state index contributed by atoms with van der Waals surface area (Å²) in [6.07, 6.45) is 2.47. The molecule has 7 nitrogen and oxygen atoms in total. The van der Waals surface area contributed by atoms with Crippen molar-refractivity contribution in [2.75, 3.05) is 6.54 Å². The van der Waals surface area contributed by atoms with Crippen molar-refractivity contribution in [3.05, 3.63) is 59.8 Å². The van der Waals surface area contributed by atoms with Crippen LogP contribution in [0, 0.1) is 6.92 Å². The number of para-hydroxylation sites is 1. The number of aryl methyl sites for hydroxylation is 1. The zero-order valence-electron chi connectivity index (χ0n) is 16.8. The zero-order valence-corrected chi connectivity index (χ0v) is 16.8. The van der Waals surface area contributed by atoms with E-state index in [0.29, 0.717) is 24.1 Å². The van der Waals surface area contributed by atoms with Gasteiger partial charge in [0.2, 0.25) is 5.89 Å². The molecule has 0 aliphatic carbocycles. The topological polar surface area (TPSA) is 88.2 Å². The predicted molar refractivity (Wildman–Crippen MR) is 110 cm³/mol. The van der Waals surface area contributed by atoms with E-state index in [0.717, 1.165) is 35.1 Å². The standard InChI is InChI=1S/C22H24N4O3/c1-4-11-26(13-19-24-25-22(29-19)18-10-7-12-28-18)15(3)21(27)20-14(2)23-17-9-6-5-8-16(17)20/h5-10,12,15,23H,4,11,13H2,1-3H3/t15-/m1/s1. The lowest BCUT2D eigenvalue weighted by atomic mass is 10.0. The highest BCUT2D eigenvalue weighted by atomic mass is 16.4. The molecule has 0 saturated heterocycles. The third kappa shape index (κ3) is 3.73. The van der Waals surface area contributed by atoms with Crippen molar-refractivity contribution in [1.29, 1.82) is 0 Å². The van der Waals surface area contributed by atoms with Crippen LogP contribution in [0.25, 0.3) is 22.6 Å². The molecule has 0 fully saturated rings. The molecule has 3 heterocycles. The van der Waals surface area contributed by atoms with Crippen molar-refractivity contribution < 1.29 is 13.6 Å². The molecular weight excluding hydrogens is 368 g/mol. The average molecular weight is 392 g/mol. The number of hydrogen-bond donors (Lipinski definition) is 1. The van der Waals surface area contributed by atoms with Crippen LogP contribution in [0.4, 0.5) is 0 Å². The molecule has 0 aliphatic heterocycles. The molecule has 0 bridgehead atoms. The van der Waals surface area contributed by atoms with Gasteiger partial charge in [-0.3, -0.25) is 9.69 Å². The van der Waals surface area contributed by atoms with E-state index in [4.69, 9.17) is 8.83 Å². The largest absolute Gasteiger partial charge is 0.459 e. The van der Waals surface area contributed by atoms with E-state index >= 15 is 0 Å². The summed E-state index contributed by atoms with van der Waals surface area (Å²) in [5.74, 6) is 1.41. The second kappa shape index (κ2) is 8.05. The number of ketones is 1. The Morgan fingerprint density at radius 2 is 2.03 bits per heavy atom. The number of fused-ring (bicyclic) bond motifs is 1. The van der Waals surface area contributed by atoms with E-state index < -0.39 is 0 Å². The minimum absolute atomic E-state index is 0.0826. The van der Waals surface area contributed by atoms with Crippen molar-refractivity contribution in [1.82, 2.24) is 20.1 Å². The molecule has 4 rings (SSSR count). The number of furan rings is 1. The number of aromatic amines is 1. The van der Waals surface area contributed by atoms with Gasteiger partial charge in [-0.2, -0.15) is 0 Å². The zero-order chi connectivity index (χ0) is 20.4. The van der Waals surface area contributed by atoms with Crippen LogP contribution in [0.1, 0.15) is 42.2 Å². The first-order chi connectivity index (χ1) is 14.1. The number of aromatic nitrogens is 3. The Balaban J connectivity index is 1.58. The number of Topliss-reactive ketones (excluding diaryl/α,β-unsaturated/α-hetero) is 1. The van der Waals surface area contributed by atoms with Gasteiger partial charge in [-0.25, -0.2) is 0 Å². The van der Waals surface area contributed by atoms with Gasteiger partial charge >= 0.3 is 0 Å². The summed E-state index contributed by atoms with van der Waals surface area (Å²) >= 11 is 0. The van der Waals surface area contributed by atoms with Crippen LogP contribution < -0.4 is 0 Å². The fourth-order valence-corrected chi connectivity index (χ4v) is 3.66. The number of rotatable bonds is 8. The van der Waals surface area contributed by atoms with Crippen LogP contribution in [-0.4, -0.2) is 38.5 Å². The highest BCUT2D eigenvalue weighted by molar-refractivity contribution is 6.11. The number of hydrogen-bond acceptors (Lipinski definition) is 6. The Morgan fingerprint density at radius 1 is 1.21 bits per heavy atom. The average Bonchev–Trinajstić information content (AvgIpc) is 3.45. The van der Waals surface area contributed by atoms with Crippen LogP contribution in [0.5, 0.6) is 0 Å². The first-order valence-corrected chi connectivity index (χ1v) is 9.80. The molecule has 0 saturated carbocycles. The number of benzene rings is 1. The van der Waals surface area contributed by atoms with Gasteiger partial charge in [-0.05, 0) is 45.0 Å². The highest BCUT2D eigenvalue weighted by Crippen LogP contribution is 2.25. The van der Waals surface area contributed by atoms with E-state index in [-0.39, 0.29) is 11.8 Å². The van der Waals surface area contributed by atoms with Gasteiger partial charge in [0.05, 0.1) is 18.8 Å². The maximum Gasteiger partial charge on any atom is 0.283 e. The molecule has 1 N–H and O–H groups in total. The van der Waals surface area contributed by atoms with Crippen molar-refractivity contribution in [2.45, 2.75) is 39.8 Å². The van der Waals surface area contributed by atoms with Crippen molar-refractivity contribution in [3.8, 4) is 11.7 Å². The quantitative estimate of drug-likeness (QED) is 0.441. The van der Waals surface area contributed by atoms with Gasteiger partial charge in [0.1, 0.15) is 0 Å². The molecule has 7 heteroatoms. The predicted octanol–water partition coefficient (Wildman–Crippen LogP) is 4.60. The Labute approximate surface area is 168 Å². The normalized spacial score (nSPS) is 12.7. The Hall–Kier alpha value is -3.19. The maximum atomic E-state index is 13.4. The SMILES string of the molecule is CCCN(Cc1nnc(-c2ccco2)o1)[C@H](C)C(=O)c1c(C)[nH]c2ccccc12. The summed E-state index contributed by atoms with van der Waals surface area (Å²) in [6, 6.07) is 11.1. The van der Waals surface area contributed by atoms with Gasteiger partial charge in [0, 0.05) is 22.2 Å². The third-order valence-electron chi connectivity index (χ3n) is 5.12. The molecule has 29 heavy (non-hydrogen) atoms. The molecule has 0 aliphatic rings. The van der Waals surface area contributed by atoms with E-state index in [2.05, 4.69) is 27.0 Å². The maximum absolute atomic E-state index is 13.4. The molecule has 150 valence electrons. The smallest absolute Gasteiger partial charge is 0.283 e. The van der Waals surface area contributed by atoms with Crippen LogP contribution in [-0.2, 0) is 6.54 Å². The summed E-state index contributed by atoms with van der Waals surface area (Å²) in [5, 5.41) is 9.14. The third-order valence-corrected chi connectivity index (χ3v) is 5.12. The molecule has 0 unspecified atom stereocenters. The fourth-order valence-electron chi connectivity index (χ4n) is 3.66.